The van der Waals surface area contributed by atoms with Crippen LogP contribution in [0.25, 0.3) is 0 Å². The average Bonchev–Trinajstić information content (AvgIpc) is 2.38. The highest BCUT2D eigenvalue weighted by Crippen LogP contribution is 2.16. The second-order valence-electron chi connectivity index (χ2n) is 4.69. The Balaban J connectivity index is 2.73. The van der Waals surface area contributed by atoms with Crippen LogP contribution in [-0.4, -0.2) is 22.6 Å². The summed E-state index contributed by atoms with van der Waals surface area (Å²) in [6.45, 7) is 9.51. The first-order valence-electron chi connectivity index (χ1n) is 7.05. The minimum atomic E-state index is 0.502. The highest BCUT2D eigenvalue weighted by Gasteiger charge is 2.09. The quantitative estimate of drug-likeness (QED) is 0.740. The van der Waals surface area contributed by atoms with Gasteiger partial charge in [-0.25, -0.2) is 4.98 Å². The third-order valence-electron chi connectivity index (χ3n) is 2.98. The zero-order valence-electron chi connectivity index (χ0n) is 12.1. The lowest BCUT2D eigenvalue weighted by molar-refractivity contribution is 0.619. The fraction of sp³-hybridized carbons (Fsp3) is 0.714. The van der Waals surface area contributed by atoms with E-state index in [1.54, 1.807) is 0 Å². The topological polar surface area (TPSA) is 49.8 Å². The Labute approximate surface area is 111 Å². The van der Waals surface area contributed by atoms with Crippen LogP contribution in [0, 0.1) is 6.92 Å². The van der Waals surface area contributed by atoms with Gasteiger partial charge >= 0.3 is 0 Å². The van der Waals surface area contributed by atoms with Gasteiger partial charge in [-0.1, -0.05) is 27.2 Å². The number of aromatic nitrogens is 2. The summed E-state index contributed by atoms with van der Waals surface area (Å²) in [6.07, 6.45) is 6.45. The molecule has 1 aromatic rings. The van der Waals surface area contributed by atoms with E-state index in [9.17, 15) is 0 Å². The minimum absolute atomic E-state index is 0.502. The standard InChI is InChI=1S/C14H26N4/c1-5-8-12(7-3)17-13-11(4)10-16-14(18-13)15-9-6-2/h10,12H,5-9H2,1-4H3,(H2,15,16,17,18). The van der Waals surface area contributed by atoms with E-state index in [1.165, 1.54) is 12.8 Å². The molecule has 0 aliphatic heterocycles. The molecule has 0 aromatic carbocycles. The van der Waals surface area contributed by atoms with E-state index in [2.05, 4.69) is 41.4 Å². The first-order valence-corrected chi connectivity index (χ1v) is 7.05. The van der Waals surface area contributed by atoms with Crippen LogP contribution in [0.5, 0.6) is 0 Å². The molecule has 4 nitrogen and oxygen atoms in total. The van der Waals surface area contributed by atoms with E-state index in [0.29, 0.717) is 6.04 Å². The molecule has 2 N–H and O–H groups in total. The molecule has 0 radical (unpaired) electrons. The molecule has 1 unspecified atom stereocenters. The summed E-state index contributed by atoms with van der Waals surface area (Å²) in [6, 6.07) is 0.502. The van der Waals surface area contributed by atoms with Crippen molar-refractivity contribution >= 4 is 11.8 Å². The maximum absolute atomic E-state index is 4.55. The first kappa shape index (κ1) is 14.7. The van der Waals surface area contributed by atoms with E-state index in [1.807, 2.05) is 13.1 Å². The van der Waals surface area contributed by atoms with Crippen LogP contribution in [0.15, 0.2) is 6.20 Å². The molecule has 0 amide bonds. The SMILES string of the molecule is CCCNc1ncc(C)c(NC(CC)CCC)n1. The van der Waals surface area contributed by atoms with Crippen molar-refractivity contribution in [2.45, 2.75) is 59.4 Å². The maximum atomic E-state index is 4.55. The van der Waals surface area contributed by atoms with E-state index in [-0.39, 0.29) is 0 Å². The molecule has 1 rings (SSSR count). The number of nitrogens with one attached hydrogen (secondary N) is 2. The van der Waals surface area contributed by atoms with Gasteiger partial charge in [-0.05, 0) is 26.2 Å². The number of rotatable bonds is 8. The molecular formula is C14H26N4. The van der Waals surface area contributed by atoms with Crippen molar-refractivity contribution in [3.8, 4) is 0 Å². The molecular weight excluding hydrogens is 224 g/mol. The molecule has 4 heteroatoms. The predicted molar refractivity (Wildman–Crippen MR) is 78.2 cm³/mol. The maximum Gasteiger partial charge on any atom is 0.224 e. The second-order valence-corrected chi connectivity index (χ2v) is 4.69. The summed E-state index contributed by atoms with van der Waals surface area (Å²) in [4.78, 5) is 8.84. The lowest BCUT2D eigenvalue weighted by Gasteiger charge is -2.18. The van der Waals surface area contributed by atoms with Gasteiger partial charge in [0.05, 0.1) is 0 Å². The van der Waals surface area contributed by atoms with Crippen LogP contribution >= 0.6 is 0 Å². The van der Waals surface area contributed by atoms with Gasteiger partial charge in [0.15, 0.2) is 0 Å². The zero-order valence-corrected chi connectivity index (χ0v) is 12.1. The van der Waals surface area contributed by atoms with Crippen LogP contribution < -0.4 is 10.6 Å². The zero-order chi connectivity index (χ0) is 13.4. The summed E-state index contributed by atoms with van der Waals surface area (Å²) in [5, 5.41) is 6.75. The normalized spacial score (nSPS) is 12.2. The van der Waals surface area contributed by atoms with E-state index >= 15 is 0 Å². The van der Waals surface area contributed by atoms with Crippen LogP contribution in [0.3, 0.4) is 0 Å². The molecule has 0 fully saturated rings. The van der Waals surface area contributed by atoms with E-state index in [0.717, 1.165) is 36.7 Å². The monoisotopic (exact) mass is 250 g/mol. The summed E-state index contributed by atoms with van der Waals surface area (Å²) < 4.78 is 0. The smallest absolute Gasteiger partial charge is 0.224 e. The van der Waals surface area contributed by atoms with Gasteiger partial charge in [-0.2, -0.15) is 4.98 Å². The Hall–Kier alpha value is -1.32. The fourth-order valence-corrected chi connectivity index (χ4v) is 1.83. The summed E-state index contributed by atoms with van der Waals surface area (Å²) >= 11 is 0. The highest BCUT2D eigenvalue weighted by atomic mass is 15.1. The van der Waals surface area contributed by atoms with Gasteiger partial charge in [-0.15, -0.1) is 0 Å². The molecule has 0 saturated heterocycles. The number of hydrogen-bond acceptors (Lipinski definition) is 4. The van der Waals surface area contributed by atoms with Crippen molar-refractivity contribution in [1.82, 2.24) is 9.97 Å². The Morgan fingerprint density at radius 1 is 1.22 bits per heavy atom. The fourth-order valence-electron chi connectivity index (χ4n) is 1.83. The highest BCUT2D eigenvalue weighted by molar-refractivity contribution is 5.47. The van der Waals surface area contributed by atoms with Gasteiger partial charge in [0.1, 0.15) is 5.82 Å². The van der Waals surface area contributed by atoms with Gasteiger partial charge in [-0.3, -0.25) is 0 Å². The van der Waals surface area contributed by atoms with Gasteiger partial charge in [0.2, 0.25) is 5.95 Å². The van der Waals surface area contributed by atoms with Crippen molar-refractivity contribution < 1.29 is 0 Å². The van der Waals surface area contributed by atoms with Crippen molar-refractivity contribution in [3.63, 3.8) is 0 Å². The summed E-state index contributed by atoms with van der Waals surface area (Å²) in [7, 11) is 0. The van der Waals surface area contributed by atoms with Crippen LogP contribution in [-0.2, 0) is 0 Å². The molecule has 18 heavy (non-hydrogen) atoms. The molecule has 0 aliphatic rings. The third kappa shape index (κ3) is 4.51. The van der Waals surface area contributed by atoms with Crippen molar-refractivity contribution in [1.29, 1.82) is 0 Å². The summed E-state index contributed by atoms with van der Waals surface area (Å²) in [5.41, 5.74) is 1.10. The number of anilines is 2. The molecule has 102 valence electrons. The number of hydrogen-bond donors (Lipinski definition) is 2. The van der Waals surface area contributed by atoms with Gasteiger partial charge in [0.25, 0.3) is 0 Å². The molecule has 0 saturated carbocycles. The molecule has 0 spiro atoms. The van der Waals surface area contributed by atoms with Crippen molar-refractivity contribution in [3.05, 3.63) is 11.8 Å². The Kier molecular flexibility index (Phi) is 6.47. The lowest BCUT2D eigenvalue weighted by Crippen LogP contribution is -2.20. The molecule has 0 aliphatic carbocycles. The molecule has 0 bridgehead atoms. The number of nitrogens with zero attached hydrogens (tertiary/aromatic N) is 2. The van der Waals surface area contributed by atoms with Crippen LogP contribution in [0.1, 0.15) is 52.0 Å². The second kappa shape index (κ2) is 7.90. The number of aryl methyl sites for hydroxylation is 1. The van der Waals surface area contributed by atoms with Gasteiger partial charge in [0, 0.05) is 24.3 Å². The Bertz CT molecular complexity index is 352. The molecule has 1 atom stereocenters. The van der Waals surface area contributed by atoms with E-state index in [4.69, 9.17) is 0 Å². The van der Waals surface area contributed by atoms with E-state index < -0.39 is 0 Å². The predicted octanol–water partition coefficient (Wildman–Crippen LogP) is 3.60. The minimum Gasteiger partial charge on any atom is -0.367 e. The first-order chi connectivity index (χ1) is 8.71. The Morgan fingerprint density at radius 2 is 2.00 bits per heavy atom. The third-order valence-corrected chi connectivity index (χ3v) is 2.98. The summed E-state index contributed by atoms with van der Waals surface area (Å²) in [5.74, 6) is 1.68. The van der Waals surface area contributed by atoms with Gasteiger partial charge < -0.3 is 10.6 Å². The molecule has 1 heterocycles. The molecule has 1 aromatic heterocycles. The van der Waals surface area contributed by atoms with Crippen LogP contribution in [0.2, 0.25) is 0 Å². The lowest BCUT2D eigenvalue weighted by atomic mass is 10.1. The largest absolute Gasteiger partial charge is 0.367 e. The average molecular weight is 250 g/mol. The Morgan fingerprint density at radius 3 is 2.61 bits per heavy atom. The van der Waals surface area contributed by atoms with Crippen molar-refractivity contribution in [2.75, 3.05) is 17.2 Å². The van der Waals surface area contributed by atoms with Crippen LogP contribution in [0.4, 0.5) is 11.8 Å². The van der Waals surface area contributed by atoms with Crippen molar-refractivity contribution in [2.24, 2.45) is 0 Å².